The number of hydrogen-bond donors (Lipinski definition) is 2. The number of amidine groups is 2. The third kappa shape index (κ3) is 4.28. The lowest BCUT2D eigenvalue weighted by Crippen LogP contribution is -2.15. The van der Waals surface area contributed by atoms with Crippen LogP contribution >= 0.6 is 11.6 Å². The number of hydrogen-bond acceptors (Lipinski definition) is 2. The molecule has 0 radical (unpaired) electrons. The van der Waals surface area contributed by atoms with Crippen LogP contribution in [0.2, 0.25) is 5.02 Å². The Morgan fingerprint density at radius 2 is 1.35 bits per heavy atom. The molecule has 5 heteroatoms. The van der Waals surface area contributed by atoms with E-state index in [0.29, 0.717) is 21.8 Å². The van der Waals surface area contributed by atoms with Crippen LogP contribution in [-0.2, 0) is 0 Å². The molecule has 4 nitrogen and oxygen atoms in total. The van der Waals surface area contributed by atoms with Crippen LogP contribution in [0.15, 0.2) is 125 Å². The molecule has 3 N–H and O–H groups in total. The van der Waals surface area contributed by atoms with Crippen molar-refractivity contribution in [2.24, 2.45) is 10.7 Å². The molecule has 0 unspecified atom stereocenters. The van der Waals surface area contributed by atoms with Crippen molar-refractivity contribution in [3.63, 3.8) is 0 Å². The molecule has 0 aliphatic heterocycles. The molecule has 6 rings (SSSR count). The van der Waals surface area contributed by atoms with Crippen LogP contribution in [0.5, 0.6) is 0 Å². The number of furan rings is 1. The third-order valence-corrected chi connectivity index (χ3v) is 6.76. The first-order chi connectivity index (χ1) is 18.1. The van der Waals surface area contributed by atoms with Crippen LogP contribution < -0.4 is 5.73 Å². The summed E-state index contributed by atoms with van der Waals surface area (Å²) in [6.45, 7) is 0. The Morgan fingerprint density at radius 3 is 2.08 bits per heavy atom. The first kappa shape index (κ1) is 22.8. The Labute approximate surface area is 219 Å². The molecule has 0 spiro atoms. The number of aliphatic imine (C=N–C) groups is 1. The molecule has 0 aliphatic rings. The summed E-state index contributed by atoms with van der Waals surface area (Å²) in [5, 5.41) is 11.0. The van der Waals surface area contributed by atoms with E-state index in [1.165, 1.54) is 0 Å². The summed E-state index contributed by atoms with van der Waals surface area (Å²) in [4.78, 5) is 4.40. The van der Waals surface area contributed by atoms with Crippen molar-refractivity contribution in [1.29, 1.82) is 5.41 Å². The number of fused-ring (bicyclic) bond motifs is 3. The molecule has 37 heavy (non-hydrogen) atoms. The van der Waals surface area contributed by atoms with Gasteiger partial charge in [0.1, 0.15) is 17.0 Å². The van der Waals surface area contributed by atoms with Crippen LogP contribution in [0.1, 0.15) is 11.1 Å². The Kier molecular flexibility index (Phi) is 5.79. The number of halogens is 1. The second kappa shape index (κ2) is 9.41. The second-order valence-electron chi connectivity index (χ2n) is 8.76. The van der Waals surface area contributed by atoms with Gasteiger partial charge in [-0.3, -0.25) is 5.41 Å². The van der Waals surface area contributed by atoms with Crippen LogP contribution in [-0.4, -0.2) is 11.7 Å². The van der Waals surface area contributed by atoms with E-state index in [1.807, 2.05) is 78.9 Å². The predicted octanol–water partition coefficient (Wildman–Crippen LogP) is 8.30. The van der Waals surface area contributed by atoms with E-state index in [-0.39, 0.29) is 11.7 Å². The first-order valence-electron chi connectivity index (χ1n) is 11.9. The molecular weight excluding hydrogens is 478 g/mol. The van der Waals surface area contributed by atoms with Crippen LogP contribution in [0.3, 0.4) is 0 Å². The fraction of sp³-hybridized carbons (Fsp3) is 0. The minimum absolute atomic E-state index is 0.0679. The zero-order valence-electron chi connectivity index (χ0n) is 19.8. The molecule has 0 atom stereocenters. The van der Waals surface area contributed by atoms with Gasteiger partial charge in [-0.05, 0) is 28.8 Å². The van der Waals surface area contributed by atoms with Crippen LogP contribution in [0, 0.1) is 5.41 Å². The topological polar surface area (TPSA) is 75.4 Å². The van der Waals surface area contributed by atoms with Gasteiger partial charge in [0, 0.05) is 33.5 Å². The predicted molar refractivity (Wildman–Crippen MR) is 154 cm³/mol. The van der Waals surface area contributed by atoms with Crippen molar-refractivity contribution in [3.8, 4) is 22.3 Å². The fourth-order valence-corrected chi connectivity index (χ4v) is 4.86. The molecule has 0 bridgehead atoms. The van der Waals surface area contributed by atoms with Gasteiger partial charge in [-0.1, -0.05) is 109 Å². The summed E-state index contributed by atoms with van der Waals surface area (Å²) < 4.78 is 6.12. The maximum atomic E-state index is 8.74. The quantitative estimate of drug-likeness (QED) is 0.189. The van der Waals surface area contributed by atoms with E-state index in [4.69, 9.17) is 27.2 Å². The summed E-state index contributed by atoms with van der Waals surface area (Å²) in [7, 11) is 0. The molecule has 0 aliphatic carbocycles. The van der Waals surface area contributed by atoms with Crippen molar-refractivity contribution in [2.75, 3.05) is 0 Å². The molecule has 0 saturated carbocycles. The smallest absolute Gasteiger partial charge is 0.154 e. The lowest BCUT2D eigenvalue weighted by atomic mass is 9.98. The Hall–Kier alpha value is -4.67. The minimum atomic E-state index is 0.0679. The van der Waals surface area contributed by atoms with Gasteiger partial charge in [-0.2, -0.15) is 0 Å². The van der Waals surface area contributed by atoms with Crippen molar-refractivity contribution < 1.29 is 4.42 Å². The number of nitrogens with zero attached hydrogens (tertiary/aromatic N) is 1. The van der Waals surface area contributed by atoms with Gasteiger partial charge in [0.2, 0.25) is 0 Å². The SMILES string of the molecule is N=C(N=C(N)c1ccccc1)c1cccc2oc3cc(Cl)c(-c4ccc(-c5ccccc5)cc4)cc3c12. The molecule has 178 valence electrons. The summed E-state index contributed by atoms with van der Waals surface area (Å²) >= 11 is 6.72. The maximum Gasteiger partial charge on any atom is 0.154 e. The van der Waals surface area contributed by atoms with Crippen LogP contribution in [0.4, 0.5) is 0 Å². The number of rotatable bonds is 4. The minimum Gasteiger partial charge on any atom is -0.456 e. The molecule has 5 aromatic carbocycles. The summed E-state index contributed by atoms with van der Waals surface area (Å²) in [5.74, 6) is 0.357. The van der Waals surface area contributed by atoms with E-state index in [0.717, 1.165) is 38.6 Å². The lowest BCUT2D eigenvalue weighted by molar-refractivity contribution is 0.669. The molecular formula is C32H22ClN3O. The van der Waals surface area contributed by atoms with Gasteiger partial charge in [0.05, 0.1) is 5.02 Å². The number of benzene rings is 5. The Morgan fingerprint density at radius 1 is 0.703 bits per heavy atom. The van der Waals surface area contributed by atoms with Crippen molar-refractivity contribution in [3.05, 3.63) is 131 Å². The number of nitrogens with two attached hydrogens (primary N) is 1. The van der Waals surface area contributed by atoms with Gasteiger partial charge < -0.3 is 10.2 Å². The van der Waals surface area contributed by atoms with Gasteiger partial charge >= 0.3 is 0 Å². The molecule has 6 aromatic rings. The normalized spacial score (nSPS) is 11.8. The Balaban J connectivity index is 1.45. The average Bonchev–Trinajstić information content (AvgIpc) is 3.31. The Bertz CT molecular complexity index is 1790. The van der Waals surface area contributed by atoms with E-state index < -0.39 is 0 Å². The fourth-order valence-electron chi connectivity index (χ4n) is 4.59. The zero-order chi connectivity index (χ0) is 25.4. The zero-order valence-corrected chi connectivity index (χ0v) is 20.5. The molecule has 1 heterocycles. The molecule has 0 amide bonds. The molecule has 0 saturated heterocycles. The largest absolute Gasteiger partial charge is 0.456 e. The highest BCUT2D eigenvalue weighted by Crippen LogP contribution is 2.39. The van der Waals surface area contributed by atoms with Gasteiger partial charge in [-0.15, -0.1) is 0 Å². The maximum absolute atomic E-state index is 8.74. The molecule has 1 aromatic heterocycles. The van der Waals surface area contributed by atoms with Crippen molar-refractivity contribution >= 4 is 45.2 Å². The monoisotopic (exact) mass is 499 g/mol. The van der Waals surface area contributed by atoms with E-state index in [9.17, 15) is 0 Å². The highest BCUT2D eigenvalue weighted by molar-refractivity contribution is 6.34. The lowest BCUT2D eigenvalue weighted by Gasteiger charge is -2.08. The van der Waals surface area contributed by atoms with E-state index in [2.05, 4.69) is 41.4 Å². The van der Waals surface area contributed by atoms with E-state index in [1.54, 1.807) is 0 Å². The van der Waals surface area contributed by atoms with Gasteiger partial charge in [-0.25, -0.2) is 4.99 Å². The average molecular weight is 500 g/mol. The summed E-state index contributed by atoms with van der Waals surface area (Å²) in [5.41, 5.74) is 13.1. The highest BCUT2D eigenvalue weighted by Gasteiger charge is 2.17. The second-order valence-corrected chi connectivity index (χ2v) is 9.17. The van der Waals surface area contributed by atoms with Crippen LogP contribution in [0.25, 0.3) is 44.2 Å². The standard InChI is InChI=1S/C32H22ClN3O/c33-27-19-29-26(18-25(27)22-16-14-21(15-17-22)20-8-3-1-4-9-20)30-24(12-7-13-28(30)37-29)32(35)36-31(34)23-10-5-2-6-11-23/h1-19H,(H3,34,35,36). The first-order valence-corrected chi connectivity index (χ1v) is 12.3. The molecule has 0 fully saturated rings. The van der Waals surface area contributed by atoms with Gasteiger partial charge in [0.25, 0.3) is 0 Å². The van der Waals surface area contributed by atoms with Crippen molar-refractivity contribution in [1.82, 2.24) is 0 Å². The number of nitrogens with one attached hydrogen (secondary N) is 1. The van der Waals surface area contributed by atoms with Gasteiger partial charge in [0.15, 0.2) is 5.84 Å². The highest BCUT2D eigenvalue weighted by atomic mass is 35.5. The van der Waals surface area contributed by atoms with E-state index >= 15 is 0 Å². The summed E-state index contributed by atoms with van der Waals surface area (Å²) in [6.07, 6.45) is 0. The third-order valence-electron chi connectivity index (χ3n) is 6.44. The van der Waals surface area contributed by atoms with Crippen molar-refractivity contribution in [2.45, 2.75) is 0 Å². The summed E-state index contributed by atoms with van der Waals surface area (Å²) in [6, 6.07) is 37.5.